The van der Waals surface area contributed by atoms with Gasteiger partial charge in [0.25, 0.3) is 0 Å². The van der Waals surface area contributed by atoms with E-state index in [0.717, 1.165) is 32.1 Å². The fourth-order valence-electron chi connectivity index (χ4n) is 3.44. The highest BCUT2D eigenvalue weighted by Gasteiger charge is 2.25. The second kappa shape index (κ2) is 10.8. The van der Waals surface area contributed by atoms with Crippen LogP contribution in [0.2, 0.25) is 0 Å². The minimum atomic E-state index is -0.346. The molecule has 0 aliphatic carbocycles. The Morgan fingerprint density at radius 2 is 1.97 bits per heavy atom. The Morgan fingerprint density at radius 3 is 2.72 bits per heavy atom. The highest BCUT2D eigenvalue weighted by Crippen LogP contribution is 2.18. The van der Waals surface area contributed by atoms with E-state index in [4.69, 9.17) is 9.47 Å². The van der Waals surface area contributed by atoms with Crippen LogP contribution in [-0.4, -0.2) is 50.3 Å². The van der Waals surface area contributed by atoms with Crippen LogP contribution in [0.5, 0.6) is 5.75 Å². The zero-order chi connectivity index (χ0) is 20.5. The molecule has 5 nitrogen and oxygen atoms in total. The summed E-state index contributed by atoms with van der Waals surface area (Å²) < 4.78 is 25.3. The Balaban J connectivity index is 1.39. The second-order valence-corrected chi connectivity index (χ2v) is 7.39. The number of benzene rings is 2. The van der Waals surface area contributed by atoms with Crippen molar-refractivity contribution in [1.82, 2.24) is 10.2 Å². The normalized spacial score (nSPS) is 18.0. The number of halogens is 1. The molecule has 2 aromatic carbocycles. The van der Waals surface area contributed by atoms with Crippen molar-refractivity contribution in [2.45, 2.75) is 26.1 Å². The van der Waals surface area contributed by atoms with Gasteiger partial charge in [0.15, 0.2) is 17.5 Å². The maximum Gasteiger partial charge on any atom is 0.193 e. The maximum absolute atomic E-state index is 13.7. The number of hydrogen-bond acceptors (Lipinski definition) is 3. The molecule has 0 aromatic heterocycles. The van der Waals surface area contributed by atoms with Gasteiger partial charge < -0.3 is 19.7 Å². The predicted molar refractivity (Wildman–Crippen MR) is 114 cm³/mol. The van der Waals surface area contributed by atoms with Crippen LogP contribution in [-0.2, 0) is 11.3 Å². The van der Waals surface area contributed by atoms with E-state index in [2.05, 4.69) is 27.3 Å². The molecule has 1 saturated heterocycles. The Kier molecular flexibility index (Phi) is 7.87. The van der Waals surface area contributed by atoms with Gasteiger partial charge in [-0.05, 0) is 31.0 Å². The van der Waals surface area contributed by atoms with E-state index >= 15 is 0 Å². The van der Waals surface area contributed by atoms with E-state index in [1.165, 1.54) is 11.6 Å². The summed E-state index contributed by atoms with van der Waals surface area (Å²) in [5.41, 5.74) is 1.20. The quantitative estimate of drug-likeness (QED) is 0.543. The van der Waals surface area contributed by atoms with Crippen LogP contribution in [0.3, 0.4) is 0 Å². The first-order chi connectivity index (χ1) is 14.2. The first-order valence-electron chi connectivity index (χ1n) is 10.1. The first-order valence-corrected chi connectivity index (χ1v) is 10.1. The molecule has 29 heavy (non-hydrogen) atoms. The number of para-hydroxylation sites is 1. The molecule has 1 aliphatic rings. The van der Waals surface area contributed by atoms with Crippen LogP contribution in [0.15, 0.2) is 59.6 Å². The molecule has 0 radical (unpaired) electrons. The van der Waals surface area contributed by atoms with Gasteiger partial charge in [-0.3, -0.25) is 4.99 Å². The summed E-state index contributed by atoms with van der Waals surface area (Å²) in [5.74, 6) is 1.26. The van der Waals surface area contributed by atoms with Gasteiger partial charge in [0.2, 0.25) is 0 Å². The highest BCUT2D eigenvalue weighted by molar-refractivity contribution is 5.80. The third kappa shape index (κ3) is 6.46. The lowest BCUT2D eigenvalue weighted by Gasteiger charge is -2.24. The lowest BCUT2D eigenvalue weighted by atomic mass is 10.1. The average molecular weight is 400 g/mol. The molecule has 1 aliphatic heterocycles. The highest BCUT2D eigenvalue weighted by atomic mass is 19.1. The predicted octanol–water partition coefficient (Wildman–Crippen LogP) is 3.71. The Bertz CT molecular complexity index is 785. The van der Waals surface area contributed by atoms with Crippen LogP contribution in [0.1, 0.15) is 18.9 Å². The third-order valence-corrected chi connectivity index (χ3v) is 4.97. The number of aliphatic imine (C=N–C) groups is 1. The lowest BCUT2D eigenvalue weighted by Crippen LogP contribution is -2.43. The molecule has 2 aromatic rings. The summed E-state index contributed by atoms with van der Waals surface area (Å²) in [6.45, 7) is 5.71. The van der Waals surface area contributed by atoms with Crippen molar-refractivity contribution in [3.8, 4) is 5.75 Å². The molecular formula is C23H30FN3O2. The topological polar surface area (TPSA) is 46.1 Å². The minimum Gasteiger partial charge on any atom is -0.486 e. The molecule has 0 spiro atoms. The van der Waals surface area contributed by atoms with Crippen LogP contribution in [0, 0.1) is 11.7 Å². The minimum absolute atomic E-state index is 0.184. The number of nitrogens with one attached hydrogen (secondary N) is 1. The Morgan fingerprint density at radius 1 is 1.21 bits per heavy atom. The van der Waals surface area contributed by atoms with Crippen LogP contribution >= 0.6 is 0 Å². The number of hydrogen-bond donors (Lipinski definition) is 1. The van der Waals surface area contributed by atoms with Crippen molar-refractivity contribution in [2.24, 2.45) is 10.9 Å². The van der Waals surface area contributed by atoms with Crippen molar-refractivity contribution in [2.75, 3.05) is 33.3 Å². The summed E-state index contributed by atoms with van der Waals surface area (Å²) in [6.07, 6.45) is 0.896. The summed E-state index contributed by atoms with van der Waals surface area (Å²) in [5, 5.41) is 3.34. The lowest BCUT2D eigenvalue weighted by molar-refractivity contribution is 0.0906. The van der Waals surface area contributed by atoms with Gasteiger partial charge in [0.1, 0.15) is 6.10 Å². The molecule has 1 N–H and O–H groups in total. The van der Waals surface area contributed by atoms with Gasteiger partial charge in [-0.15, -0.1) is 0 Å². The average Bonchev–Trinajstić information content (AvgIpc) is 3.20. The van der Waals surface area contributed by atoms with Gasteiger partial charge in [0.05, 0.1) is 19.8 Å². The molecular weight excluding hydrogens is 369 g/mol. The summed E-state index contributed by atoms with van der Waals surface area (Å²) in [6, 6.07) is 16.7. The number of likely N-dealkylation sites (tertiary alicyclic amines) is 1. The van der Waals surface area contributed by atoms with E-state index in [1.54, 1.807) is 25.2 Å². The van der Waals surface area contributed by atoms with Gasteiger partial charge in [-0.2, -0.15) is 0 Å². The molecule has 0 bridgehead atoms. The zero-order valence-electron chi connectivity index (χ0n) is 17.2. The zero-order valence-corrected chi connectivity index (χ0v) is 17.2. The second-order valence-electron chi connectivity index (χ2n) is 7.39. The van der Waals surface area contributed by atoms with Gasteiger partial charge in [0, 0.05) is 26.1 Å². The molecule has 1 heterocycles. The monoisotopic (exact) mass is 399 g/mol. The molecule has 6 heteroatoms. The molecule has 2 atom stereocenters. The van der Waals surface area contributed by atoms with Crippen LogP contribution in [0.25, 0.3) is 0 Å². The van der Waals surface area contributed by atoms with Crippen molar-refractivity contribution in [3.63, 3.8) is 0 Å². The molecule has 2 unspecified atom stereocenters. The third-order valence-electron chi connectivity index (χ3n) is 4.97. The number of rotatable bonds is 8. The van der Waals surface area contributed by atoms with E-state index in [9.17, 15) is 4.39 Å². The Labute approximate surface area is 172 Å². The fraction of sp³-hybridized carbons (Fsp3) is 0.435. The molecule has 3 rings (SSSR count). The Hall–Kier alpha value is -2.60. The van der Waals surface area contributed by atoms with E-state index in [0.29, 0.717) is 19.1 Å². The van der Waals surface area contributed by atoms with Crippen molar-refractivity contribution < 1.29 is 13.9 Å². The standard InChI is InChI=1S/C23H30FN3O2/c1-18(29-22-11-7-6-10-21(22)24)14-26-23(25-2)27-13-12-20(15-27)17-28-16-19-8-4-3-5-9-19/h3-11,18,20H,12-17H2,1-2H3,(H,25,26). The van der Waals surface area contributed by atoms with Crippen molar-refractivity contribution in [3.05, 3.63) is 66.0 Å². The molecule has 156 valence electrons. The van der Waals surface area contributed by atoms with Gasteiger partial charge in [-0.25, -0.2) is 4.39 Å². The summed E-state index contributed by atoms with van der Waals surface area (Å²) >= 11 is 0. The summed E-state index contributed by atoms with van der Waals surface area (Å²) in [4.78, 5) is 6.63. The summed E-state index contributed by atoms with van der Waals surface area (Å²) in [7, 11) is 1.78. The van der Waals surface area contributed by atoms with Crippen molar-refractivity contribution >= 4 is 5.96 Å². The van der Waals surface area contributed by atoms with Crippen molar-refractivity contribution in [1.29, 1.82) is 0 Å². The van der Waals surface area contributed by atoms with Gasteiger partial charge >= 0.3 is 0 Å². The van der Waals surface area contributed by atoms with E-state index in [1.807, 2.05) is 25.1 Å². The molecule has 0 saturated carbocycles. The van der Waals surface area contributed by atoms with E-state index < -0.39 is 0 Å². The molecule has 0 amide bonds. The maximum atomic E-state index is 13.7. The molecule has 1 fully saturated rings. The van der Waals surface area contributed by atoms with Gasteiger partial charge in [-0.1, -0.05) is 42.5 Å². The smallest absolute Gasteiger partial charge is 0.193 e. The van der Waals surface area contributed by atoms with Crippen LogP contribution in [0.4, 0.5) is 4.39 Å². The van der Waals surface area contributed by atoms with E-state index in [-0.39, 0.29) is 17.7 Å². The largest absolute Gasteiger partial charge is 0.486 e. The SMILES string of the molecule is CN=C(NCC(C)Oc1ccccc1F)N1CCC(COCc2ccccc2)C1. The number of ether oxygens (including phenoxy) is 2. The number of nitrogens with zero attached hydrogens (tertiary/aromatic N) is 2. The first kappa shape index (κ1) is 21.1. The fourth-order valence-corrected chi connectivity index (χ4v) is 3.44. The number of guanidine groups is 1. The van der Waals surface area contributed by atoms with Crippen LogP contribution < -0.4 is 10.1 Å².